The fourth-order valence-corrected chi connectivity index (χ4v) is 4.27. The van der Waals surface area contributed by atoms with E-state index in [0.29, 0.717) is 5.41 Å². The van der Waals surface area contributed by atoms with E-state index in [9.17, 15) is 0 Å². The fourth-order valence-electron chi connectivity index (χ4n) is 4.27. The van der Waals surface area contributed by atoms with Crippen LogP contribution in [0.2, 0.25) is 0 Å². The first-order chi connectivity index (χ1) is 9.45. The predicted octanol–water partition coefficient (Wildman–Crippen LogP) is 5.40. The van der Waals surface area contributed by atoms with Crippen LogP contribution in [0.15, 0.2) is 0 Å². The minimum Gasteiger partial charge on any atom is -0.314 e. The summed E-state index contributed by atoms with van der Waals surface area (Å²) in [6, 6.07) is 0.816. The first-order valence-corrected chi connectivity index (χ1v) is 9.18. The molecule has 118 valence electrons. The SMILES string of the molecule is CC1CCC(CCNC2CCC(C(C)(C)C)CC2)CC1. The highest BCUT2D eigenvalue weighted by Gasteiger charge is 2.29. The molecule has 1 nitrogen and oxygen atoms in total. The standard InChI is InChI=1S/C19H37N/c1-15-5-7-16(8-6-15)13-14-20-18-11-9-17(10-12-18)19(2,3)4/h15-18,20H,5-14H2,1-4H3. The molecule has 1 N–H and O–H groups in total. The molecule has 0 spiro atoms. The molecule has 0 heterocycles. The molecule has 1 heteroatoms. The fraction of sp³-hybridized carbons (Fsp3) is 1.00. The summed E-state index contributed by atoms with van der Waals surface area (Å²) in [7, 11) is 0. The van der Waals surface area contributed by atoms with Crippen molar-refractivity contribution in [3.05, 3.63) is 0 Å². The van der Waals surface area contributed by atoms with Crippen LogP contribution in [0.3, 0.4) is 0 Å². The minimum atomic E-state index is 0.518. The molecule has 0 aromatic rings. The van der Waals surface area contributed by atoms with Crippen LogP contribution in [0.4, 0.5) is 0 Å². The lowest BCUT2D eigenvalue weighted by Gasteiger charge is -2.37. The molecule has 2 aliphatic carbocycles. The van der Waals surface area contributed by atoms with Gasteiger partial charge < -0.3 is 5.32 Å². The van der Waals surface area contributed by atoms with Gasteiger partial charge in [-0.05, 0) is 61.8 Å². The van der Waals surface area contributed by atoms with Crippen LogP contribution < -0.4 is 5.32 Å². The second-order valence-corrected chi connectivity index (χ2v) is 8.78. The quantitative estimate of drug-likeness (QED) is 0.727. The van der Waals surface area contributed by atoms with E-state index < -0.39 is 0 Å². The summed E-state index contributed by atoms with van der Waals surface area (Å²) in [6.07, 6.45) is 13.0. The molecule has 0 atom stereocenters. The van der Waals surface area contributed by atoms with E-state index in [1.807, 2.05) is 0 Å². The molecule has 20 heavy (non-hydrogen) atoms. The lowest BCUT2D eigenvalue weighted by atomic mass is 9.71. The molecule has 2 fully saturated rings. The number of hydrogen-bond donors (Lipinski definition) is 1. The Hall–Kier alpha value is -0.0400. The average molecular weight is 280 g/mol. The third-order valence-corrected chi connectivity index (χ3v) is 6.07. The maximum atomic E-state index is 3.85. The van der Waals surface area contributed by atoms with E-state index in [-0.39, 0.29) is 0 Å². The zero-order valence-corrected chi connectivity index (χ0v) is 14.4. The summed E-state index contributed by atoms with van der Waals surface area (Å²) in [5.74, 6) is 2.96. The van der Waals surface area contributed by atoms with Crippen molar-refractivity contribution in [2.75, 3.05) is 6.54 Å². The molecular weight excluding hydrogens is 242 g/mol. The van der Waals surface area contributed by atoms with Gasteiger partial charge in [0.15, 0.2) is 0 Å². The molecule has 0 radical (unpaired) electrons. The van der Waals surface area contributed by atoms with E-state index in [1.165, 1.54) is 64.3 Å². The van der Waals surface area contributed by atoms with E-state index >= 15 is 0 Å². The Bertz CT molecular complexity index is 262. The van der Waals surface area contributed by atoms with Gasteiger partial charge in [0.25, 0.3) is 0 Å². The predicted molar refractivity (Wildman–Crippen MR) is 88.9 cm³/mol. The lowest BCUT2D eigenvalue weighted by Crippen LogP contribution is -2.37. The third-order valence-electron chi connectivity index (χ3n) is 6.07. The summed E-state index contributed by atoms with van der Waals surface area (Å²) in [4.78, 5) is 0. The Labute approximate surface area is 127 Å². The Morgan fingerprint density at radius 1 is 0.850 bits per heavy atom. The van der Waals surface area contributed by atoms with Gasteiger partial charge in [-0.15, -0.1) is 0 Å². The number of hydrogen-bond acceptors (Lipinski definition) is 1. The highest BCUT2D eigenvalue weighted by Crippen LogP contribution is 2.37. The normalized spacial score (nSPS) is 36.0. The molecule has 0 bridgehead atoms. The van der Waals surface area contributed by atoms with E-state index in [1.54, 1.807) is 0 Å². The first kappa shape index (κ1) is 16.3. The van der Waals surface area contributed by atoms with Crippen molar-refractivity contribution in [2.24, 2.45) is 23.2 Å². The van der Waals surface area contributed by atoms with E-state index in [0.717, 1.165) is 23.8 Å². The lowest BCUT2D eigenvalue weighted by molar-refractivity contribution is 0.159. The molecule has 0 aromatic carbocycles. The molecule has 0 amide bonds. The topological polar surface area (TPSA) is 12.0 Å². The maximum absolute atomic E-state index is 3.85. The zero-order chi connectivity index (χ0) is 14.6. The van der Waals surface area contributed by atoms with Crippen molar-refractivity contribution in [3.8, 4) is 0 Å². The summed E-state index contributed by atoms with van der Waals surface area (Å²) in [5.41, 5.74) is 0.518. The zero-order valence-electron chi connectivity index (χ0n) is 14.4. The van der Waals surface area contributed by atoms with Gasteiger partial charge in [0.2, 0.25) is 0 Å². The molecule has 0 aromatic heterocycles. The van der Waals surface area contributed by atoms with Crippen molar-refractivity contribution < 1.29 is 0 Å². The molecule has 2 rings (SSSR count). The van der Waals surface area contributed by atoms with E-state index in [4.69, 9.17) is 0 Å². The van der Waals surface area contributed by atoms with E-state index in [2.05, 4.69) is 33.0 Å². The minimum absolute atomic E-state index is 0.518. The smallest absolute Gasteiger partial charge is 0.00672 e. The van der Waals surface area contributed by atoms with Gasteiger partial charge in [-0.1, -0.05) is 53.4 Å². The van der Waals surface area contributed by atoms with Crippen molar-refractivity contribution >= 4 is 0 Å². The summed E-state index contributed by atoms with van der Waals surface area (Å²) < 4.78 is 0. The van der Waals surface area contributed by atoms with Gasteiger partial charge in [0.05, 0.1) is 0 Å². The van der Waals surface area contributed by atoms with Gasteiger partial charge >= 0.3 is 0 Å². The van der Waals surface area contributed by atoms with Crippen LogP contribution in [-0.4, -0.2) is 12.6 Å². The van der Waals surface area contributed by atoms with Crippen molar-refractivity contribution in [1.82, 2.24) is 5.32 Å². The largest absolute Gasteiger partial charge is 0.314 e. The molecular formula is C19H37N. The highest BCUT2D eigenvalue weighted by molar-refractivity contribution is 4.83. The highest BCUT2D eigenvalue weighted by atomic mass is 14.9. The third kappa shape index (κ3) is 5.06. The van der Waals surface area contributed by atoms with Gasteiger partial charge in [-0.25, -0.2) is 0 Å². The number of rotatable bonds is 4. The molecule has 0 aliphatic heterocycles. The number of nitrogens with one attached hydrogen (secondary N) is 1. The molecule has 2 saturated carbocycles. The maximum Gasteiger partial charge on any atom is 0.00672 e. The van der Waals surface area contributed by atoms with Crippen LogP contribution in [0.25, 0.3) is 0 Å². The van der Waals surface area contributed by atoms with Crippen molar-refractivity contribution in [1.29, 1.82) is 0 Å². The van der Waals surface area contributed by atoms with Crippen LogP contribution in [0.5, 0.6) is 0 Å². The van der Waals surface area contributed by atoms with Crippen LogP contribution in [0.1, 0.15) is 85.5 Å². The molecule has 2 aliphatic rings. The Kier molecular flexibility index (Phi) is 5.95. The van der Waals surface area contributed by atoms with Gasteiger partial charge in [-0.2, -0.15) is 0 Å². The van der Waals surface area contributed by atoms with Crippen molar-refractivity contribution in [2.45, 2.75) is 91.5 Å². The van der Waals surface area contributed by atoms with Gasteiger partial charge in [0.1, 0.15) is 0 Å². The monoisotopic (exact) mass is 279 g/mol. The Balaban J connectivity index is 1.57. The van der Waals surface area contributed by atoms with Crippen LogP contribution in [0, 0.1) is 23.2 Å². The summed E-state index contributed by atoms with van der Waals surface area (Å²) in [5, 5.41) is 3.85. The van der Waals surface area contributed by atoms with Crippen LogP contribution >= 0.6 is 0 Å². The van der Waals surface area contributed by atoms with Gasteiger partial charge in [-0.3, -0.25) is 0 Å². The first-order valence-electron chi connectivity index (χ1n) is 9.18. The molecule has 0 unspecified atom stereocenters. The van der Waals surface area contributed by atoms with Gasteiger partial charge in [0, 0.05) is 6.04 Å². The average Bonchev–Trinajstić information content (AvgIpc) is 2.41. The second kappa shape index (κ2) is 7.29. The van der Waals surface area contributed by atoms with Crippen molar-refractivity contribution in [3.63, 3.8) is 0 Å². The second-order valence-electron chi connectivity index (χ2n) is 8.78. The Morgan fingerprint density at radius 3 is 2.00 bits per heavy atom. The summed E-state index contributed by atoms with van der Waals surface area (Å²) in [6.45, 7) is 10.9. The van der Waals surface area contributed by atoms with Crippen LogP contribution in [-0.2, 0) is 0 Å². The molecule has 0 saturated heterocycles. The summed E-state index contributed by atoms with van der Waals surface area (Å²) >= 11 is 0. The Morgan fingerprint density at radius 2 is 1.45 bits per heavy atom.